The Balaban J connectivity index is 1.41. The van der Waals surface area contributed by atoms with Crippen LogP contribution in [0.15, 0.2) is 47.6 Å². The summed E-state index contributed by atoms with van der Waals surface area (Å²) in [5.74, 6) is 0.758. The van der Waals surface area contributed by atoms with Gasteiger partial charge >= 0.3 is 0 Å². The van der Waals surface area contributed by atoms with Gasteiger partial charge in [-0.1, -0.05) is 11.3 Å². The largest absolute Gasteiger partial charge is 0.497 e. The molecule has 1 aliphatic heterocycles. The maximum atomic E-state index is 12.7. The van der Waals surface area contributed by atoms with Crippen molar-refractivity contribution in [1.29, 1.82) is 0 Å². The van der Waals surface area contributed by atoms with Crippen molar-refractivity contribution in [2.75, 3.05) is 20.2 Å². The molecule has 4 rings (SSSR count). The van der Waals surface area contributed by atoms with E-state index < -0.39 is 10.0 Å². The summed E-state index contributed by atoms with van der Waals surface area (Å²) in [6.45, 7) is 0.835. The summed E-state index contributed by atoms with van der Waals surface area (Å²) in [7, 11) is -1.87. The summed E-state index contributed by atoms with van der Waals surface area (Å²) in [5.41, 5.74) is 0.839. The summed E-state index contributed by atoms with van der Waals surface area (Å²) < 4.78 is 39.1. The molecule has 0 unspecified atom stereocenters. The summed E-state index contributed by atoms with van der Waals surface area (Å²) in [6, 6.07) is 8.93. The lowest BCUT2D eigenvalue weighted by molar-refractivity contribution is 0.135. The van der Waals surface area contributed by atoms with E-state index in [1.54, 1.807) is 25.4 Å². The van der Waals surface area contributed by atoms with Gasteiger partial charge in [0.1, 0.15) is 16.7 Å². The van der Waals surface area contributed by atoms with Gasteiger partial charge in [0.05, 0.1) is 17.3 Å². The van der Waals surface area contributed by atoms with Crippen LogP contribution >= 0.6 is 11.3 Å². The molecule has 1 saturated heterocycles. The fourth-order valence-corrected chi connectivity index (χ4v) is 5.34. The first-order chi connectivity index (χ1) is 13.1. The molecule has 3 heterocycles. The number of aromatic nitrogens is 2. The molecule has 27 heavy (non-hydrogen) atoms. The van der Waals surface area contributed by atoms with Crippen molar-refractivity contribution in [2.24, 2.45) is 0 Å². The van der Waals surface area contributed by atoms with Gasteiger partial charge in [-0.3, -0.25) is 4.98 Å². The van der Waals surface area contributed by atoms with E-state index in [9.17, 15) is 8.42 Å². The Morgan fingerprint density at radius 2 is 2.04 bits per heavy atom. The third-order valence-corrected chi connectivity index (χ3v) is 7.33. The zero-order valence-electron chi connectivity index (χ0n) is 14.7. The van der Waals surface area contributed by atoms with E-state index in [2.05, 4.69) is 9.97 Å². The van der Waals surface area contributed by atoms with Crippen molar-refractivity contribution >= 4 is 31.6 Å². The Hall–Kier alpha value is -2.23. The topological polar surface area (TPSA) is 81.6 Å². The van der Waals surface area contributed by atoms with E-state index >= 15 is 0 Å². The van der Waals surface area contributed by atoms with Crippen LogP contribution in [-0.2, 0) is 10.0 Å². The van der Waals surface area contributed by atoms with Crippen LogP contribution in [-0.4, -0.2) is 49.0 Å². The molecule has 1 aromatic carbocycles. The molecule has 0 atom stereocenters. The molecule has 0 bridgehead atoms. The minimum Gasteiger partial charge on any atom is -0.497 e. The number of benzene rings is 1. The van der Waals surface area contributed by atoms with Gasteiger partial charge in [0.2, 0.25) is 10.0 Å². The molecule has 0 N–H and O–H groups in total. The number of hydrogen-bond donors (Lipinski definition) is 0. The number of fused-ring (bicyclic) bond motifs is 1. The number of piperidine rings is 1. The number of pyridine rings is 1. The van der Waals surface area contributed by atoms with Crippen molar-refractivity contribution in [3.63, 3.8) is 0 Å². The monoisotopic (exact) mass is 405 g/mol. The second kappa shape index (κ2) is 7.41. The normalized spacial score (nSPS) is 16.5. The van der Waals surface area contributed by atoms with Crippen molar-refractivity contribution in [2.45, 2.75) is 23.8 Å². The standard InChI is InChI=1S/C18H19N3O4S2/c1-24-14-4-5-17-16(11-14)20-18(26-17)25-13-6-9-21(10-7-13)27(22,23)15-3-2-8-19-12-15/h2-5,8,11-13H,6-7,9-10H2,1H3. The SMILES string of the molecule is COc1ccc2sc(OC3CCN(S(=O)(=O)c4cccnc4)CC3)nc2c1. The molecule has 2 aromatic heterocycles. The van der Waals surface area contributed by atoms with Crippen molar-refractivity contribution < 1.29 is 17.9 Å². The quantitative estimate of drug-likeness (QED) is 0.649. The molecule has 0 aliphatic carbocycles. The predicted octanol–water partition coefficient (Wildman–Crippen LogP) is 2.93. The smallest absolute Gasteiger partial charge is 0.274 e. The van der Waals surface area contributed by atoms with Gasteiger partial charge in [-0.25, -0.2) is 13.4 Å². The van der Waals surface area contributed by atoms with Crippen LogP contribution in [0.1, 0.15) is 12.8 Å². The van der Waals surface area contributed by atoms with Gasteiger partial charge in [-0.05, 0) is 37.1 Å². The highest BCUT2D eigenvalue weighted by Crippen LogP contribution is 2.32. The first kappa shape index (κ1) is 18.1. The zero-order valence-corrected chi connectivity index (χ0v) is 16.4. The number of rotatable bonds is 5. The summed E-state index contributed by atoms with van der Waals surface area (Å²) in [5, 5.41) is 0.604. The summed E-state index contributed by atoms with van der Waals surface area (Å²) in [6.07, 6.45) is 4.14. The van der Waals surface area contributed by atoms with E-state index in [4.69, 9.17) is 9.47 Å². The van der Waals surface area contributed by atoms with E-state index in [1.807, 2.05) is 18.2 Å². The zero-order chi connectivity index (χ0) is 18.9. The molecule has 0 spiro atoms. The second-order valence-electron chi connectivity index (χ2n) is 6.22. The fraction of sp³-hybridized carbons (Fsp3) is 0.333. The van der Waals surface area contributed by atoms with Crippen LogP contribution in [0.3, 0.4) is 0 Å². The van der Waals surface area contributed by atoms with Crippen LogP contribution in [0.4, 0.5) is 0 Å². The summed E-state index contributed by atoms with van der Waals surface area (Å²) in [4.78, 5) is 8.64. The van der Waals surface area contributed by atoms with Gasteiger partial charge in [-0.15, -0.1) is 0 Å². The maximum Gasteiger partial charge on any atom is 0.274 e. The lowest BCUT2D eigenvalue weighted by atomic mass is 10.1. The molecule has 142 valence electrons. The molecule has 0 saturated carbocycles. The minimum atomic E-state index is -3.50. The average molecular weight is 406 g/mol. The Labute approximate surface area is 161 Å². The highest BCUT2D eigenvalue weighted by Gasteiger charge is 2.30. The highest BCUT2D eigenvalue weighted by atomic mass is 32.2. The van der Waals surface area contributed by atoms with Crippen LogP contribution in [0.25, 0.3) is 10.2 Å². The van der Waals surface area contributed by atoms with Gasteiger partial charge < -0.3 is 9.47 Å². The minimum absolute atomic E-state index is 0.0483. The Kier molecular flexibility index (Phi) is 4.98. The number of nitrogens with zero attached hydrogens (tertiary/aromatic N) is 3. The number of thiazole rings is 1. The number of hydrogen-bond acceptors (Lipinski definition) is 7. The first-order valence-corrected chi connectivity index (χ1v) is 10.8. The lowest BCUT2D eigenvalue weighted by Crippen LogP contribution is -2.41. The second-order valence-corrected chi connectivity index (χ2v) is 9.15. The van der Waals surface area contributed by atoms with Crippen LogP contribution < -0.4 is 9.47 Å². The van der Waals surface area contributed by atoms with E-state index in [-0.39, 0.29) is 11.0 Å². The number of sulfonamides is 1. The van der Waals surface area contributed by atoms with Crippen LogP contribution in [0, 0.1) is 0 Å². The van der Waals surface area contributed by atoms with E-state index in [1.165, 1.54) is 21.8 Å². The predicted molar refractivity (Wildman–Crippen MR) is 103 cm³/mol. The molecular formula is C18H19N3O4S2. The van der Waals surface area contributed by atoms with E-state index in [0.29, 0.717) is 31.1 Å². The third kappa shape index (κ3) is 3.76. The molecule has 1 fully saturated rings. The molecule has 1 aliphatic rings. The molecule has 0 amide bonds. The van der Waals surface area contributed by atoms with Gasteiger partial charge in [0, 0.05) is 31.5 Å². The maximum absolute atomic E-state index is 12.7. The number of ether oxygens (including phenoxy) is 2. The van der Waals surface area contributed by atoms with Gasteiger partial charge in [0.15, 0.2) is 0 Å². The van der Waals surface area contributed by atoms with Crippen LogP contribution in [0.2, 0.25) is 0 Å². The first-order valence-electron chi connectivity index (χ1n) is 8.58. The third-order valence-electron chi connectivity index (χ3n) is 4.52. The average Bonchev–Trinajstić information content (AvgIpc) is 3.10. The molecule has 3 aromatic rings. The summed E-state index contributed by atoms with van der Waals surface area (Å²) >= 11 is 1.48. The van der Waals surface area contributed by atoms with Crippen molar-refractivity contribution in [3.05, 3.63) is 42.7 Å². The fourth-order valence-electron chi connectivity index (χ4n) is 3.05. The molecule has 7 nitrogen and oxygen atoms in total. The molecule has 0 radical (unpaired) electrons. The highest BCUT2D eigenvalue weighted by molar-refractivity contribution is 7.89. The van der Waals surface area contributed by atoms with Gasteiger partial charge in [-0.2, -0.15) is 4.31 Å². The Morgan fingerprint density at radius 1 is 1.22 bits per heavy atom. The molecular weight excluding hydrogens is 386 g/mol. The molecule has 9 heteroatoms. The van der Waals surface area contributed by atoms with Crippen LogP contribution in [0.5, 0.6) is 10.9 Å². The van der Waals surface area contributed by atoms with Crippen molar-refractivity contribution in [3.8, 4) is 10.9 Å². The van der Waals surface area contributed by atoms with Crippen molar-refractivity contribution in [1.82, 2.24) is 14.3 Å². The lowest BCUT2D eigenvalue weighted by Gasteiger charge is -2.30. The number of methoxy groups -OCH3 is 1. The van der Waals surface area contributed by atoms with E-state index in [0.717, 1.165) is 16.0 Å². The van der Waals surface area contributed by atoms with Gasteiger partial charge in [0.25, 0.3) is 5.19 Å². The Morgan fingerprint density at radius 3 is 2.74 bits per heavy atom. The Bertz CT molecular complexity index is 1030.